The molecule has 40 heavy (non-hydrogen) atoms. The van der Waals surface area contributed by atoms with Crippen molar-refractivity contribution in [3.63, 3.8) is 0 Å². The number of hydrogen-bond donors (Lipinski definition) is 0. The van der Waals surface area contributed by atoms with Gasteiger partial charge in [0.05, 0.1) is 23.9 Å². The number of imidazole rings is 1. The highest BCUT2D eigenvalue weighted by Gasteiger charge is 2.35. The van der Waals surface area contributed by atoms with Gasteiger partial charge in [-0.1, -0.05) is 68.3 Å². The van der Waals surface area contributed by atoms with Crippen LogP contribution in [0.3, 0.4) is 0 Å². The van der Waals surface area contributed by atoms with Crippen molar-refractivity contribution in [2.24, 2.45) is 0 Å². The second-order valence-electron chi connectivity index (χ2n) is 10.6. The average Bonchev–Trinajstić information content (AvgIpc) is 3.46. The van der Waals surface area contributed by atoms with E-state index >= 15 is 0 Å². The average molecular weight is 534 g/mol. The van der Waals surface area contributed by atoms with E-state index in [1.54, 1.807) is 24.7 Å². The number of benzene rings is 3. The van der Waals surface area contributed by atoms with Crippen LogP contribution >= 0.6 is 0 Å². The van der Waals surface area contributed by atoms with Gasteiger partial charge in [-0.3, -0.25) is 9.59 Å². The van der Waals surface area contributed by atoms with Gasteiger partial charge in [0, 0.05) is 49.7 Å². The lowest BCUT2D eigenvalue weighted by molar-refractivity contribution is -0.137. The van der Waals surface area contributed by atoms with Crippen LogP contribution in [0.1, 0.15) is 66.2 Å². The summed E-state index contributed by atoms with van der Waals surface area (Å²) in [7, 11) is 0. The number of carbonyl (C=O) groups is 2. The lowest BCUT2D eigenvalue weighted by Crippen LogP contribution is -2.57. The molecule has 2 amide bonds. The Kier molecular flexibility index (Phi) is 8.26. The fraction of sp³-hybridized carbons (Fsp3) is 0.333. The monoisotopic (exact) mass is 533 g/mol. The second-order valence-corrected chi connectivity index (χ2v) is 10.6. The minimum absolute atomic E-state index is 0.0268. The molecule has 0 spiro atoms. The van der Waals surface area contributed by atoms with Gasteiger partial charge in [-0.05, 0) is 47.9 Å². The van der Waals surface area contributed by atoms with Crippen LogP contribution in [0.15, 0.2) is 79.3 Å². The van der Waals surface area contributed by atoms with Gasteiger partial charge in [-0.2, -0.15) is 5.26 Å². The Morgan fingerprint density at radius 2 is 1.82 bits per heavy atom. The molecule has 0 unspecified atom stereocenters. The van der Waals surface area contributed by atoms with Gasteiger partial charge >= 0.3 is 0 Å². The molecule has 0 bridgehead atoms. The summed E-state index contributed by atoms with van der Waals surface area (Å²) in [5, 5.41) is 11.1. The maximum Gasteiger partial charge on any atom is 0.254 e. The largest absolute Gasteiger partial charge is 0.336 e. The number of nitrogens with zero attached hydrogens (tertiary/aromatic N) is 5. The quantitative estimate of drug-likeness (QED) is 0.295. The van der Waals surface area contributed by atoms with Crippen molar-refractivity contribution in [2.75, 3.05) is 19.6 Å². The smallest absolute Gasteiger partial charge is 0.254 e. The normalized spacial score (nSPS) is 16.1. The number of rotatable bonds is 8. The Hall–Kier alpha value is -4.44. The van der Waals surface area contributed by atoms with Crippen LogP contribution < -0.4 is 0 Å². The molecule has 7 nitrogen and oxygen atoms in total. The fourth-order valence-electron chi connectivity index (χ4n) is 5.68. The summed E-state index contributed by atoms with van der Waals surface area (Å²) >= 11 is 0. The molecule has 5 rings (SSSR count). The van der Waals surface area contributed by atoms with Gasteiger partial charge < -0.3 is 14.4 Å². The van der Waals surface area contributed by atoms with Crippen molar-refractivity contribution in [3.05, 3.63) is 102 Å². The van der Waals surface area contributed by atoms with Crippen LogP contribution in [0.2, 0.25) is 0 Å². The highest BCUT2D eigenvalue weighted by molar-refractivity contribution is 6.07. The zero-order valence-corrected chi connectivity index (χ0v) is 23.2. The highest BCUT2D eigenvalue weighted by Crippen LogP contribution is 2.26. The SMILES string of the molecule is CCCC[C@H]1CN(C(=O)c2cccc3ccccc23)CCN1C(=O)[C@@H](C)c1cncn1Cc1ccc(C#N)cc1. The molecule has 204 valence electrons. The van der Waals surface area contributed by atoms with Gasteiger partial charge in [0.15, 0.2) is 0 Å². The van der Waals surface area contributed by atoms with E-state index in [0.717, 1.165) is 41.3 Å². The minimum atomic E-state index is -0.370. The number of fused-ring (bicyclic) bond motifs is 1. The lowest BCUT2D eigenvalue weighted by Gasteiger charge is -2.42. The molecule has 0 radical (unpaired) electrons. The van der Waals surface area contributed by atoms with Crippen LogP contribution in [-0.4, -0.2) is 56.8 Å². The van der Waals surface area contributed by atoms with E-state index in [-0.39, 0.29) is 23.8 Å². The first kappa shape index (κ1) is 27.1. The molecule has 2 heterocycles. The number of unbranched alkanes of at least 4 members (excludes halogenated alkanes) is 1. The molecule has 0 aliphatic carbocycles. The number of carbonyl (C=O) groups excluding carboxylic acids is 2. The number of amides is 2. The van der Waals surface area contributed by atoms with E-state index in [0.29, 0.717) is 37.3 Å². The Bertz CT molecular complexity index is 1530. The molecule has 7 heteroatoms. The maximum atomic E-state index is 13.9. The fourth-order valence-corrected chi connectivity index (χ4v) is 5.68. The summed E-state index contributed by atoms with van der Waals surface area (Å²) in [4.78, 5) is 35.9. The van der Waals surface area contributed by atoms with Crippen molar-refractivity contribution in [2.45, 2.75) is 51.6 Å². The molecular formula is C33H35N5O2. The number of piperazine rings is 1. The van der Waals surface area contributed by atoms with Crippen LogP contribution in [0, 0.1) is 11.3 Å². The summed E-state index contributed by atoms with van der Waals surface area (Å²) in [6, 6.07) is 23.4. The second kappa shape index (κ2) is 12.2. The molecule has 1 aliphatic rings. The summed E-state index contributed by atoms with van der Waals surface area (Å²) in [6.45, 7) is 6.22. The topological polar surface area (TPSA) is 82.2 Å². The third-order valence-electron chi connectivity index (χ3n) is 7.96. The third kappa shape index (κ3) is 5.62. The van der Waals surface area contributed by atoms with Crippen LogP contribution in [0.5, 0.6) is 0 Å². The molecule has 1 saturated heterocycles. The zero-order valence-electron chi connectivity index (χ0n) is 23.2. The molecular weight excluding hydrogens is 498 g/mol. The molecule has 4 aromatic rings. The standard InChI is InChI=1S/C33H35N5O2/c1-3-4-10-28-22-36(33(40)30-12-7-9-27-8-5-6-11-29(27)30)17-18-38(28)32(39)24(2)31-20-35-23-37(31)21-26-15-13-25(19-34)14-16-26/h5-9,11-16,20,23-24,28H,3-4,10,17-18,21-22H2,1-2H3/t24-,28-/m0/s1. The van der Waals surface area contributed by atoms with Crippen LogP contribution in [0.25, 0.3) is 10.8 Å². The van der Waals surface area contributed by atoms with Gasteiger partial charge in [-0.15, -0.1) is 0 Å². The van der Waals surface area contributed by atoms with Crippen molar-refractivity contribution in [1.82, 2.24) is 19.4 Å². The van der Waals surface area contributed by atoms with E-state index in [1.807, 2.05) is 75.9 Å². The lowest BCUT2D eigenvalue weighted by atomic mass is 9.99. The number of hydrogen-bond acceptors (Lipinski definition) is 4. The first-order valence-electron chi connectivity index (χ1n) is 14.1. The van der Waals surface area contributed by atoms with E-state index in [9.17, 15) is 9.59 Å². The number of aromatic nitrogens is 2. The highest BCUT2D eigenvalue weighted by atomic mass is 16.2. The molecule has 3 aromatic carbocycles. The van der Waals surface area contributed by atoms with E-state index in [4.69, 9.17) is 5.26 Å². The molecule has 2 atom stereocenters. The van der Waals surface area contributed by atoms with Gasteiger partial charge in [0.2, 0.25) is 5.91 Å². The molecule has 0 saturated carbocycles. The van der Waals surface area contributed by atoms with E-state index < -0.39 is 0 Å². The molecule has 1 aliphatic heterocycles. The molecule has 1 aromatic heterocycles. The van der Waals surface area contributed by atoms with Crippen LogP contribution in [0.4, 0.5) is 0 Å². The van der Waals surface area contributed by atoms with Gasteiger partial charge in [-0.25, -0.2) is 4.98 Å². The Morgan fingerprint density at radius 3 is 2.60 bits per heavy atom. The minimum Gasteiger partial charge on any atom is -0.336 e. The number of nitriles is 1. The molecule has 1 fully saturated rings. The first-order valence-corrected chi connectivity index (χ1v) is 14.1. The van der Waals surface area contributed by atoms with Gasteiger partial charge in [0.1, 0.15) is 0 Å². The Labute approximate surface area is 235 Å². The Balaban J connectivity index is 1.32. The van der Waals surface area contributed by atoms with Crippen molar-refractivity contribution < 1.29 is 9.59 Å². The van der Waals surface area contributed by atoms with Gasteiger partial charge in [0.25, 0.3) is 5.91 Å². The predicted octanol–water partition coefficient (Wildman–Crippen LogP) is 5.60. The maximum absolute atomic E-state index is 13.9. The predicted molar refractivity (Wildman–Crippen MR) is 156 cm³/mol. The Morgan fingerprint density at radius 1 is 1.05 bits per heavy atom. The summed E-state index contributed by atoms with van der Waals surface area (Å²) in [6.07, 6.45) is 6.41. The summed E-state index contributed by atoms with van der Waals surface area (Å²) in [5.74, 6) is -0.274. The third-order valence-corrected chi connectivity index (χ3v) is 7.96. The zero-order chi connectivity index (χ0) is 28.1. The summed E-state index contributed by atoms with van der Waals surface area (Å²) in [5.41, 5.74) is 3.23. The van der Waals surface area contributed by atoms with E-state index in [2.05, 4.69) is 18.0 Å². The van der Waals surface area contributed by atoms with Crippen molar-refractivity contribution in [1.29, 1.82) is 5.26 Å². The molecule has 0 N–H and O–H groups in total. The van der Waals surface area contributed by atoms with Crippen LogP contribution in [-0.2, 0) is 11.3 Å². The van der Waals surface area contributed by atoms with E-state index in [1.165, 1.54) is 0 Å². The first-order chi connectivity index (χ1) is 19.5. The van der Waals surface area contributed by atoms with Crippen molar-refractivity contribution in [3.8, 4) is 6.07 Å². The summed E-state index contributed by atoms with van der Waals surface area (Å²) < 4.78 is 2.01. The van der Waals surface area contributed by atoms with Crippen molar-refractivity contribution >= 4 is 22.6 Å².